The minimum atomic E-state index is -0.0983. The van der Waals surface area contributed by atoms with E-state index >= 15 is 0 Å². The molecule has 1 aliphatic heterocycles. The molecule has 0 bridgehead atoms. The largest absolute Gasteiger partial charge is 0.335 e. The zero-order chi connectivity index (χ0) is 12.8. The number of aromatic amines is 1. The summed E-state index contributed by atoms with van der Waals surface area (Å²) in [4.78, 5) is 23.0. The molecule has 0 amide bonds. The van der Waals surface area contributed by atoms with E-state index in [1.807, 2.05) is 35.2 Å². The van der Waals surface area contributed by atoms with Crippen LogP contribution in [-0.2, 0) is 6.42 Å². The monoisotopic (exact) mass is 253 g/mol. The van der Waals surface area contributed by atoms with Crippen LogP contribution < -0.4 is 10.5 Å². The van der Waals surface area contributed by atoms with Crippen LogP contribution in [0.15, 0.2) is 41.5 Å². The molecule has 0 saturated carbocycles. The number of H-pyrrole nitrogens is 1. The van der Waals surface area contributed by atoms with E-state index in [-0.39, 0.29) is 5.56 Å². The van der Waals surface area contributed by atoms with Gasteiger partial charge >= 0.3 is 0 Å². The summed E-state index contributed by atoms with van der Waals surface area (Å²) >= 11 is 0. The Morgan fingerprint density at radius 2 is 2.05 bits per heavy atom. The van der Waals surface area contributed by atoms with E-state index in [9.17, 15) is 4.79 Å². The highest BCUT2D eigenvalue weighted by atomic mass is 16.1. The summed E-state index contributed by atoms with van der Waals surface area (Å²) in [6.45, 7) is 0.773. The number of aromatic nitrogens is 4. The fraction of sp³-hybridized carbons (Fsp3) is 0.154. The number of rotatable bonds is 1. The van der Waals surface area contributed by atoms with Crippen molar-refractivity contribution in [1.82, 2.24) is 19.6 Å². The van der Waals surface area contributed by atoms with Gasteiger partial charge in [0.25, 0.3) is 11.3 Å². The predicted octanol–water partition coefficient (Wildman–Crippen LogP) is 1.11. The third-order valence-electron chi connectivity index (χ3n) is 3.39. The van der Waals surface area contributed by atoms with Crippen LogP contribution in [0.25, 0.3) is 5.78 Å². The number of nitrogens with one attached hydrogen (secondary N) is 1. The van der Waals surface area contributed by atoms with Crippen molar-refractivity contribution in [3.05, 3.63) is 52.7 Å². The van der Waals surface area contributed by atoms with Crippen molar-refractivity contribution in [2.24, 2.45) is 0 Å². The fourth-order valence-electron chi connectivity index (χ4n) is 2.53. The van der Waals surface area contributed by atoms with Gasteiger partial charge < -0.3 is 4.90 Å². The first-order valence-electron chi connectivity index (χ1n) is 6.12. The number of fused-ring (bicyclic) bond motifs is 2. The highest BCUT2D eigenvalue weighted by molar-refractivity contribution is 5.68. The van der Waals surface area contributed by atoms with Gasteiger partial charge in [-0.05, 0) is 12.1 Å². The molecule has 3 heterocycles. The molecule has 6 heteroatoms. The third-order valence-corrected chi connectivity index (χ3v) is 3.39. The minimum Gasteiger partial charge on any atom is -0.335 e. The molecule has 1 aliphatic rings. The molecule has 1 N–H and O–H groups in total. The highest BCUT2D eigenvalue weighted by Gasteiger charge is 2.26. The van der Waals surface area contributed by atoms with Gasteiger partial charge in [0, 0.05) is 18.7 Å². The van der Waals surface area contributed by atoms with Crippen LogP contribution in [0.1, 0.15) is 5.69 Å². The van der Waals surface area contributed by atoms with Crippen LogP contribution in [0.3, 0.4) is 0 Å². The van der Waals surface area contributed by atoms with Crippen LogP contribution in [0, 0.1) is 0 Å². The Kier molecular flexibility index (Phi) is 2.00. The maximum Gasteiger partial charge on any atom is 0.298 e. The first kappa shape index (κ1) is 10.3. The molecule has 4 rings (SSSR count). The minimum absolute atomic E-state index is 0.0983. The van der Waals surface area contributed by atoms with Crippen molar-refractivity contribution < 1.29 is 0 Å². The SMILES string of the molecule is O=c1c2c(nc3nc[nH]n13)CCN2c1ccccc1. The second kappa shape index (κ2) is 3.68. The van der Waals surface area contributed by atoms with Crippen LogP contribution in [0.4, 0.5) is 11.4 Å². The molecular weight excluding hydrogens is 242 g/mol. The molecule has 6 nitrogen and oxygen atoms in total. The van der Waals surface area contributed by atoms with E-state index in [0.717, 1.165) is 24.3 Å². The van der Waals surface area contributed by atoms with E-state index in [1.54, 1.807) is 0 Å². The smallest absolute Gasteiger partial charge is 0.298 e. The summed E-state index contributed by atoms with van der Waals surface area (Å²) in [5, 5.41) is 2.79. The maximum atomic E-state index is 12.5. The van der Waals surface area contributed by atoms with E-state index in [0.29, 0.717) is 11.5 Å². The zero-order valence-electron chi connectivity index (χ0n) is 10.1. The number of nitrogens with zero attached hydrogens (tertiary/aromatic N) is 4. The molecule has 3 aromatic rings. The highest BCUT2D eigenvalue weighted by Crippen LogP contribution is 2.30. The molecular formula is C13H11N5O. The first-order chi connectivity index (χ1) is 9.34. The van der Waals surface area contributed by atoms with E-state index in [1.165, 1.54) is 10.8 Å². The topological polar surface area (TPSA) is 66.3 Å². The zero-order valence-corrected chi connectivity index (χ0v) is 10.1. The van der Waals surface area contributed by atoms with Gasteiger partial charge in [-0.3, -0.25) is 9.89 Å². The second-order valence-corrected chi connectivity index (χ2v) is 4.47. The average molecular weight is 253 g/mol. The molecule has 0 radical (unpaired) electrons. The third kappa shape index (κ3) is 1.40. The van der Waals surface area contributed by atoms with Crippen LogP contribution in [0.5, 0.6) is 0 Å². The number of benzene rings is 1. The Labute approximate surface area is 108 Å². The Morgan fingerprint density at radius 3 is 2.89 bits per heavy atom. The second-order valence-electron chi connectivity index (χ2n) is 4.47. The average Bonchev–Trinajstić information content (AvgIpc) is 3.06. The number of anilines is 2. The molecule has 19 heavy (non-hydrogen) atoms. The first-order valence-corrected chi connectivity index (χ1v) is 6.12. The van der Waals surface area contributed by atoms with Gasteiger partial charge in [0.1, 0.15) is 12.0 Å². The van der Waals surface area contributed by atoms with Crippen molar-refractivity contribution in [2.45, 2.75) is 6.42 Å². The predicted molar refractivity (Wildman–Crippen MR) is 70.8 cm³/mol. The lowest BCUT2D eigenvalue weighted by molar-refractivity contribution is 0.891. The molecule has 0 atom stereocenters. The number of hydrogen-bond donors (Lipinski definition) is 1. The van der Waals surface area contributed by atoms with E-state index < -0.39 is 0 Å². The molecule has 0 saturated heterocycles. The molecule has 0 unspecified atom stereocenters. The lowest BCUT2D eigenvalue weighted by Gasteiger charge is -2.17. The number of para-hydroxylation sites is 1. The van der Waals surface area contributed by atoms with Crippen molar-refractivity contribution in [2.75, 3.05) is 11.4 Å². The lowest BCUT2D eigenvalue weighted by Crippen LogP contribution is -2.24. The van der Waals surface area contributed by atoms with Gasteiger partial charge in [-0.25, -0.2) is 9.97 Å². The number of hydrogen-bond acceptors (Lipinski definition) is 4. The maximum absolute atomic E-state index is 12.5. The Morgan fingerprint density at radius 1 is 1.21 bits per heavy atom. The molecule has 0 aliphatic carbocycles. The van der Waals surface area contributed by atoms with Gasteiger partial charge in [-0.15, -0.1) is 0 Å². The summed E-state index contributed by atoms with van der Waals surface area (Å²) in [6.07, 6.45) is 2.24. The summed E-state index contributed by atoms with van der Waals surface area (Å²) in [6, 6.07) is 9.89. The summed E-state index contributed by atoms with van der Waals surface area (Å²) in [5.41, 5.74) is 2.38. The van der Waals surface area contributed by atoms with Gasteiger partial charge in [-0.2, -0.15) is 4.52 Å². The standard InChI is InChI=1S/C13H11N5O/c19-12-11-10(16-13-14-8-15-18(12)13)6-7-17(11)9-4-2-1-3-5-9/h1-5,8H,6-7H2,(H,14,15,16). The van der Waals surface area contributed by atoms with Gasteiger partial charge in [0.15, 0.2) is 0 Å². The Balaban J connectivity index is 1.97. The molecule has 0 spiro atoms. The molecule has 2 aromatic heterocycles. The van der Waals surface area contributed by atoms with Gasteiger partial charge in [0.05, 0.1) is 5.69 Å². The van der Waals surface area contributed by atoms with Gasteiger partial charge in [0.2, 0.25) is 0 Å². The van der Waals surface area contributed by atoms with Gasteiger partial charge in [-0.1, -0.05) is 18.2 Å². The molecule has 94 valence electrons. The summed E-state index contributed by atoms with van der Waals surface area (Å²) < 4.78 is 1.38. The summed E-state index contributed by atoms with van der Waals surface area (Å²) in [5.74, 6) is 0.429. The Bertz CT molecular complexity index is 805. The van der Waals surface area contributed by atoms with E-state index in [2.05, 4.69) is 15.1 Å². The van der Waals surface area contributed by atoms with E-state index in [4.69, 9.17) is 0 Å². The lowest BCUT2D eigenvalue weighted by atomic mass is 10.3. The quantitative estimate of drug-likeness (QED) is 0.705. The normalized spacial score (nSPS) is 14.0. The van der Waals surface area contributed by atoms with Crippen LogP contribution >= 0.6 is 0 Å². The van der Waals surface area contributed by atoms with Crippen molar-refractivity contribution in [3.63, 3.8) is 0 Å². The summed E-state index contributed by atoms with van der Waals surface area (Å²) in [7, 11) is 0. The van der Waals surface area contributed by atoms with Crippen molar-refractivity contribution in [1.29, 1.82) is 0 Å². The van der Waals surface area contributed by atoms with Crippen LogP contribution in [-0.4, -0.2) is 26.1 Å². The van der Waals surface area contributed by atoms with Crippen LogP contribution in [0.2, 0.25) is 0 Å². The molecule has 1 aromatic carbocycles. The Hall–Kier alpha value is -2.63. The van der Waals surface area contributed by atoms with Crippen molar-refractivity contribution >= 4 is 17.2 Å². The fourth-order valence-corrected chi connectivity index (χ4v) is 2.53. The van der Waals surface area contributed by atoms with Crippen molar-refractivity contribution in [3.8, 4) is 0 Å². The molecule has 0 fully saturated rings.